The summed E-state index contributed by atoms with van der Waals surface area (Å²) in [6, 6.07) is 15.5. The Bertz CT molecular complexity index is 1080. The van der Waals surface area contributed by atoms with Crippen molar-refractivity contribution in [2.75, 3.05) is 33.9 Å². The van der Waals surface area contributed by atoms with E-state index in [-0.39, 0.29) is 6.61 Å². The second-order valence-electron chi connectivity index (χ2n) is 7.35. The maximum Gasteiger partial charge on any atom is 0.514 e. The number of benzene rings is 2. The molecule has 0 N–H and O–H groups in total. The molecule has 6 nitrogen and oxygen atoms in total. The monoisotopic (exact) mass is 439 g/mol. The minimum atomic E-state index is -0.707. The summed E-state index contributed by atoms with van der Waals surface area (Å²) in [6.45, 7) is 3.60. The van der Waals surface area contributed by atoms with E-state index >= 15 is 0 Å². The summed E-state index contributed by atoms with van der Waals surface area (Å²) < 4.78 is 22.5. The lowest BCUT2D eigenvalue weighted by Gasteiger charge is -2.13. The number of carbonyl (C=O) groups is 1. The maximum absolute atomic E-state index is 11.8. The van der Waals surface area contributed by atoms with Crippen LogP contribution in [0, 0.1) is 0 Å². The Morgan fingerprint density at radius 3 is 2.65 bits per heavy atom. The number of carbonyl (C=O) groups excluding carboxylic acids is 1. The fourth-order valence-electron chi connectivity index (χ4n) is 3.38. The van der Waals surface area contributed by atoms with Crippen LogP contribution in [0.2, 0.25) is 0 Å². The molecule has 0 radical (unpaired) electrons. The molecule has 0 bridgehead atoms. The molecule has 4 rings (SSSR count). The van der Waals surface area contributed by atoms with Crippen LogP contribution in [0.15, 0.2) is 48.5 Å². The van der Waals surface area contributed by atoms with Gasteiger partial charge in [0.25, 0.3) is 0 Å². The van der Waals surface area contributed by atoms with E-state index in [9.17, 15) is 4.79 Å². The molecule has 2 heterocycles. The van der Waals surface area contributed by atoms with E-state index < -0.39 is 6.16 Å². The van der Waals surface area contributed by atoms with Gasteiger partial charge < -0.3 is 23.8 Å². The minimum Gasteiger partial charge on any atom is -0.494 e. The first-order chi connectivity index (χ1) is 15.0. The van der Waals surface area contributed by atoms with Gasteiger partial charge in [-0.25, -0.2) is 4.79 Å². The van der Waals surface area contributed by atoms with Crippen LogP contribution in [0.25, 0.3) is 21.6 Å². The quantitative estimate of drug-likeness (QED) is 0.258. The zero-order valence-electron chi connectivity index (χ0n) is 17.8. The number of hydrogen-bond acceptors (Lipinski definition) is 7. The molecule has 0 saturated carbocycles. The maximum atomic E-state index is 11.8. The molecule has 1 aliphatic heterocycles. The third-order valence-corrected chi connectivity index (χ3v) is 5.81. The number of hydrogen-bond donors (Lipinski definition) is 0. The van der Waals surface area contributed by atoms with Gasteiger partial charge in [0.2, 0.25) is 0 Å². The molecular weight excluding hydrogens is 414 g/mol. The van der Waals surface area contributed by atoms with Crippen molar-refractivity contribution >= 4 is 17.5 Å². The molecule has 0 spiro atoms. The van der Waals surface area contributed by atoms with Crippen LogP contribution in [-0.2, 0) is 4.74 Å². The van der Waals surface area contributed by atoms with Crippen LogP contribution >= 0.6 is 11.3 Å². The van der Waals surface area contributed by atoms with Gasteiger partial charge in [0.05, 0.1) is 13.2 Å². The van der Waals surface area contributed by atoms with Gasteiger partial charge in [-0.15, -0.1) is 0 Å². The van der Waals surface area contributed by atoms with E-state index in [1.165, 1.54) is 11.3 Å². The number of nitrogens with zero attached hydrogens (tertiary/aromatic N) is 1. The van der Waals surface area contributed by atoms with Crippen LogP contribution in [0.3, 0.4) is 0 Å². The molecular formula is C24H25NO5S. The molecule has 1 aromatic heterocycles. The van der Waals surface area contributed by atoms with E-state index in [4.69, 9.17) is 18.9 Å². The van der Waals surface area contributed by atoms with Gasteiger partial charge in [0.15, 0.2) is 5.06 Å². The summed E-state index contributed by atoms with van der Waals surface area (Å²) in [7, 11) is 4.09. The van der Waals surface area contributed by atoms with Crippen LogP contribution in [-0.4, -0.2) is 44.9 Å². The zero-order chi connectivity index (χ0) is 21.8. The largest absolute Gasteiger partial charge is 0.514 e. The van der Waals surface area contributed by atoms with Crippen molar-refractivity contribution in [1.29, 1.82) is 0 Å². The van der Waals surface area contributed by atoms with Gasteiger partial charge >= 0.3 is 6.16 Å². The SMILES string of the molecule is CCOC(=O)Oc1cc2c(s1)-c1cc(OCCCN(C)C)ccc1Oc1ccccc1-2. The summed E-state index contributed by atoms with van der Waals surface area (Å²) in [5.74, 6) is 2.26. The van der Waals surface area contributed by atoms with Crippen molar-refractivity contribution in [1.82, 2.24) is 4.90 Å². The lowest BCUT2D eigenvalue weighted by Crippen LogP contribution is -2.15. The van der Waals surface area contributed by atoms with E-state index in [1.54, 1.807) is 6.92 Å². The molecule has 162 valence electrons. The normalized spacial score (nSPS) is 11.6. The molecule has 0 saturated heterocycles. The fourth-order valence-corrected chi connectivity index (χ4v) is 4.42. The number of fused-ring (bicyclic) bond motifs is 5. The highest BCUT2D eigenvalue weighted by Gasteiger charge is 2.25. The van der Waals surface area contributed by atoms with Crippen molar-refractivity contribution in [2.24, 2.45) is 0 Å². The molecule has 2 aromatic carbocycles. The summed E-state index contributed by atoms with van der Waals surface area (Å²) >= 11 is 1.38. The van der Waals surface area contributed by atoms with E-state index in [0.717, 1.165) is 51.8 Å². The van der Waals surface area contributed by atoms with Crippen LogP contribution in [0.4, 0.5) is 4.79 Å². The van der Waals surface area contributed by atoms with Gasteiger partial charge in [0.1, 0.15) is 17.2 Å². The fraction of sp³-hybridized carbons (Fsp3) is 0.292. The first-order valence-corrected chi connectivity index (χ1v) is 11.0. The number of rotatable bonds is 7. The Balaban J connectivity index is 1.69. The highest BCUT2D eigenvalue weighted by molar-refractivity contribution is 7.18. The Morgan fingerprint density at radius 1 is 1.03 bits per heavy atom. The van der Waals surface area contributed by atoms with E-state index in [2.05, 4.69) is 4.90 Å². The summed E-state index contributed by atoms with van der Waals surface area (Å²) in [5, 5.41) is 0.475. The van der Waals surface area contributed by atoms with Crippen LogP contribution < -0.4 is 14.2 Å². The lowest BCUT2D eigenvalue weighted by molar-refractivity contribution is 0.105. The Kier molecular flexibility index (Phi) is 6.44. The Labute approximate surface area is 185 Å². The van der Waals surface area contributed by atoms with E-state index in [0.29, 0.717) is 11.7 Å². The molecule has 31 heavy (non-hydrogen) atoms. The minimum absolute atomic E-state index is 0.262. The second kappa shape index (κ2) is 9.41. The molecule has 0 aliphatic carbocycles. The smallest absolute Gasteiger partial charge is 0.494 e. The third-order valence-electron chi connectivity index (χ3n) is 4.77. The van der Waals surface area contributed by atoms with Crippen molar-refractivity contribution in [3.63, 3.8) is 0 Å². The average Bonchev–Trinajstić information content (AvgIpc) is 3.10. The number of ether oxygens (including phenoxy) is 4. The lowest BCUT2D eigenvalue weighted by atomic mass is 10.0. The first kappa shape index (κ1) is 21.2. The van der Waals surface area contributed by atoms with Gasteiger partial charge in [-0.1, -0.05) is 29.5 Å². The summed E-state index contributed by atoms with van der Waals surface area (Å²) in [5.41, 5.74) is 2.79. The molecule has 0 unspecified atom stereocenters. The van der Waals surface area contributed by atoms with Crippen molar-refractivity contribution in [2.45, 2.75) is 13.3 Å². The Hall–Kier alpha value is -3.03. The summed E-state index contributed by atoms with van der Waals surface area (Å²) in [4.78, 5) is 14.9. The zero-order valence-corrected chi connectivity index (χ0v) is 18.7. The highest BCUT2D eigenvalue weighted by atomic mass is 32.1. The molecule has 1 aliphatic rings. The van der Waals surface area contributed by atoms with Gasteiger partial charge in [0, 0.05) is 34.2 Å². The number of thiophene rings is 1. The molecule has 7 heteroatoms. The first-order valence-electron chi connectivity index (χ1n) is 10.2. The van der Waals surface area contributed by atoms with Crippen molar-refractivity contribution < 1.29 is 23.7 Å². The standard InChI is InChI=1S/C24H25NO5S/c1-4-27-24(26)30-22-15-18-17-8-5-6-9-20(17)29-21-11-10-16(14-19(21)23(18)31-22)28-13-7-12-25(2)3/h5-6,8-11,14-15H,4,7,12-13H2,1-3H3. The van der Waals surface area contributed by atoms with Crippen LogP contribution in [0.5, 0.6) is 22.3 Å². The highest BCUT2D eigenvalue weighted by Crippen LogP contribution is 2.52. The Morgan fingerprint density at radius 2 is 1.84 bits per heavy atom. The van der Waals surface area contributed by atoms with Crippen molar-refractivity contribution in [3.05, 3.63) is 48.5 Å². The third kappa shape index (κ3) is 4.84. The summed E-state index contributed by atoms with van der Waals surface area (Å²) in [6.07, 6.45) is 0.231. The molecule has 0 atom stereocenters. The van der Waals surface area contributed by atoms with Gasteiger partial charge in [-0.2, -0.15) is 0 Å². The molecule has 0 amide bonds. The van der Waals surface area contributed by atoms with Gasteiger partial charge in [-0.05, 0) is 51.7 Å². The number of para-hydroxylation sites is 1. The van der Waals surface area contributed by atoms with Crippen LogP contribution in [0.1, 0.15) is 13.3 Å². The van der Waals surface area contributed by atoms with Crippen molar-refractivity contribution in [3.8, 4) is 43.9 Å². The molecule has 3 aromatic rings. The topological polar surface area (TPSA) is 57.2 Å². The van der Waals surface area contributed by atoms with E-state index in [1.807, 2.05) is 62.6 Å². The molecule has 0 fully saturated rings. The van der Waals surface area contributed by atoms with Gasteiger partial charge in [-0.3, -0.25) is 0 Å². The predicted octanol–water partition coefficient (Wildman–Crippen LogP) is 6.05. The second-order valence-corrected chi connectivity index (χ2v) is 8.37. The average molecular weight is 440 g/mol. The predicted molar refractivity (Wildman–Crippen MR) is 122 cm³/mol.